The maximum absolute atomic E-state index is 12.4. The highest BCUT2D eigenvalue weighted by atomic mass is 16.3. The van der Waals surface area contributed by atoms with Crippen LogP contribution in [0.4, 0.5) is 0 Å². The Balaban J connectivity index is 1.61. The Morgan fingerprint density at radius 3 is 2.59 bits per heavy atom. The van der Waals surface area contributed by atoms with E-state index in [9.17, 15) is 9.90 Å². The third-order valence-electron chi connectivity index (χ3n) is 5.32. The number of piperidine rings is 1. The van der Waals surface area contributed by atoms with Crippen LogP contribution in [-0.2, 0) is 11.3 Å². The van der Waals surface area contributed by atoms with Gasteiger partial charge in [0, 0.05) is 32.6 Å². The predicted octanol–water partition coefficient (Wildman–Crippen LogP) is 0.541. The highest BCUT2D eigenvalue weighted by Crippen LogP contribution is 2.22. The van der Waals surface area contributed by atoms with E-state index in [-0.39, 0.29) is 12.0 Å². The van der Waals surface area contributed by atoms with Gasteiger partial charge in [0.1, 0.15) is 12.7 Å². The Hall–Kier alpha value is -1.51. The van der Waals surface area contributed by atoms with Gasteiger partial charge in [-0.25, -0.2) is 4.98 Å². The van der Waals surface area contributed by atoms with Crippen molar-refractivity contribution in [2.45, 2.75) is 44.8 Å². The Morgan fingerprint density at radius 1 is 1.22 bits per heavy atom. The highest BCUT2D eigenvalue weighted by Gasteiger charge is 2.27. The fraction of sp³-hybridized carbons (Fsp3) is 0.842. The van der Waals surface area contributed by atoms with Crippen molar-refractivity contribution >= 4 is 5.91 Å². The monoisotopic (exact) mass is 380 g/mol. The minimum absolute atomic E-state index is 0.212. The summed E-state index contributed by atoms with van der Waals surface area (Å²) in [7, 11) is 6.24. The van der Waals surface area contributed by atoms with Crippen molar-refractivity contribution in [3.8, 4) is 0 Å². The number of aliphatic hydroxyl groups is 1. The number of carbonyl (C=O) groups is 1. The molecule has 8 heteroatoms. The third-order valence-corrected chi connectivity index (χ3v) is 5.32. The van der Waals surface area contributed by atoms with E-state index in [0.717, 1.165) is 58.4 Å². The number of rotatable bonds is 11. The van der Waals surface area contributed by atoms with Gasteiger partial charge >= 0.3 is 0 Å². The van der Waals surface area contributed by atoms with E-state index in [1.807, 2.05) is 4.90 Å². The first kappa shape index (κ1) is 21.8. The van der Waals surface area contributed by atoms with Crippen molar-refractivity contribution in [1.82, 2.24) is 29.5 Å². The first-order valence-corrected chi connectivity index (χ1v) is 10.1. The van der Waals surface area contributed by atoms with Crippen LogP contribution in [-0.4, -0.2) is 100 Å². The second-order valence-corrected chi connectivity index (χ2v) is 7.97. The summed E-state index contributed by atoms with van der Waals surface area (Å²) in [5.74, 6) is 0.504. The number of hydrogen-bond acceptors (Lipinski definition) is 6. The predicted molar refractivity (Wildman–Crippen MR) is 105 cm³/mol. The largest absolute Gasteiger partial charge is 0.392 e. The lowest BCUT2D eigenvalue weighted by Crippen LogP contribution is -2.44. The van der Waals surface area contributed by atoms with Crippen LogP contribution in [0.1, 0.15) is 32.1 Å². The number of aryl methyl sites for hydroxylation is 1. The van der Waals surface area contributed by atoms with Crippen LogP contribution in [0, 0.1) is 5.92 Å². The molecular weight excluding hydrogens is 344 g/mol. The maximum Gasteiger partial charge on any atom is 0.222 e. The summed E-state index contributed by atoms with van der Waals surface area (Å²) in [5.41, 5.74) is 0. The minimum atomic E-state index is -0.307. The van der Waals surface area contributed by atoms with Crippen LogP contribution < -0.4 is 0 Å². The van der Waals surface area contributed by atoms with Gasteiger partial charge in [-0.15, -0.1) is 0 Å². The molecule has 2 rings (SSSR count). The minimum Gasteiger partial charge on any atom is -0.392 e. The van der Waals surface area contributed by atoms with Crippen LogP contribution in [0.2, 0.25) is 0 Å². The molecule has 1 aromatic heterocycles. The SMILES string of the molecule is CN(C)CCCN(C)CC(O)C1CCN(C(=O)CCCn2cncn2)CC1. The number of likely N-dealkylation sites (N-methyl/N-ethyl adjacent to an activating group) is 1. The maximum atomic E-state index is 12.4. The Bertz CT molecular complexity index is 528. The lowest BCUT2D eigenvalue weighted by Gasteiger charge is -2.35. The molecule has 2 heterocycles. The molecule has 154 valence electrons. The van der Waals surface area contributed by atoms with Crippen molar-refractivity contribution in [1.29, 1.82) is 0 Å². The average molecular weight is 381 g/mol. The van der Waals surface area contributed by atoms with Gasteiger partial charge in [-0.1, -0.05) is 0 Å². The van der Waals surface area contributed by atoms with Gasteiger partial charge in [0.15, 0.2) is 0 Å². The molecule has 0 radical (unpaired) electrons. The molecule has 1 aromatic rings. The summed E-state index contributed by atoms with van der Waals surface area (Å²) in [6.07, 6.45) is 7.09. The average Bonchev–Trinajstić information content (AvgIpc) is 3.14. The molecular formula is C19H36N6O2. The summed E-state index contributed by atoms with van der Waals surface area (Å²) in [6, 6.07) is 0. The summed E-state index contributed by atoms with van der Waals surface area (Å²) in [5, 5.41) is 14.6. The van der Waals surface area contributed by atoms with E-state index in [1.54, 1.807) is 11.0 Å². The lowest BCUT2D eigenvalue weighted by atomic mass is 9.90. The third kappa shape index (κ3) is 7.94. The van der Waals surface area contributed by atoms with E-state index >= 15 is 0 Å². The molecule has 0 spiro atoms. The normalized spacial score (nSPS) is 17.0. The van der Waals surface area contributed by atoms with Gasteiger partial charge in [0.05, 0.1) is 6.10 Å². The summed E-state index contributed by atoms with van der Waals surface area (Å²) < 4.78 is 1.75. The summed E-state index contributed by atoms with van der Waals surface area (Å²) >= 11 is 0. The van der Waals surface area contributed by atoms with E-state index in [1.165, 1.54) is 6.33 Å². The molecule has 1 N–H and O–H groups in total. The molecule has 1 aliphatic rings. The molecule has 1 fully saturated rings. The quantitative estimate of drug-likeness (QED) is 0.604. The van der Waals surface area contributed by atoms with Gasteiger partial charge < -0.3 is 19.8 Å². The highest BCUT2D eigenvalue weighted by molar-refractivity contribution is 5.76. The molecule has 0 aliphatic carbocycles. The van der Waals surface area contributed by atoms with Crippen LogP contribution >= 0.6 is 0 Å². The Morgan fingerprint density at radius 2 is 1.96 bits per heavy atom. The molecule has 1 unspecified atom stereocenters. The molecule has 0 saturated carbocycles. The molecule has 1 saturated heterocycles. The van der Waals surface area contributed by atoms with Crippen LogP contribution in [0.3, 0.4) is 0 Å². The van der Waals surface area contributed by atoms with Crippen LogP contribution in [0.15, 0.2) is 12.7 Å². The van der Waals surface area contributed by atoms with Gasteiger partial charge in [-0.3, -0.25) is 9.48 Å². The topological polar surface area (TPSA) is 77.7 Å². The number of nitrogens with zero attached hydrogens (tertiary/aromatic N) is 6. The van der Waals surface area contributed by atoms with E-state index in [4.69, 9.17) is 0 Å². The van der Waals surface area contributed by atoms with Gasteiger partial charge in [-0.05, 0) is 65.8 Å². The first-order valence-electron chi connectivity index (χ1n) is 10.1. The number of carbonyl (C=O) groups excluding carboxylic acids is 1. The zero-order valence-corrected chi connectivity index (χ0v) is 17.1. The second-order valence-electron chi connectivity index (χ2n) is 7.97. The Kier molecular flexibility index (Phi) is 9.17. The molecule has 1 amide bonds. The number of aliphatic hydroxyl groups excluding tert-OH is 1. The van der Waals surface area contributed by atoms with E-state index in [0.29, 0.717) is 18.9 Å². The number of likely N-dealkylation sites (tertiary alicyclic amines) is 1. The van der Waals surface area contributed by atoms with E-state index in [2.05, 4.69) is 41.0 Å². The summed E-state index contributed by atoms with van der Waals surface area (Å²) in [6.45, 7) is 5.02. The molecule has 8 nitrogen and oxygen atoms in total. The number of amides is 1. The van der Waals surface area contributed by atoms with Crippen molar-refractivity contribution in [3.63, 3.8) is 0 Å². The molecule has 1 aliphatic heterocycles. The van der Waals surface area contributed by atoms with Crippen molar-refractivity contribution in [2.75, 3.05) is 53.9 Å². The standard InChI is InChI=1S/C19H36N6O2/c1-22(2)9-5-10-23(3)14-18(26)17-7-12-24(13-8-17)19(27)6-4-11-25-16-20-15-21-25/h15-18,26H,4-14H2,1-3H3. The van der Waals surface area contributed by atoms with Crippen LogP contribution in [0.5, 0.6) is 0 Å². The molecule has 1 atom stereocenters. The second kappa shape index (κ2) is 11.4. The smallest absolute Gasteiger partial charge is 0.222 e. The Labute approximate surface area is 163 Å². The van der Waals surface area contributed by atoms with Gasteiger partial charge in [0.2, 0.25) is 5.91 Å². The number of hydrogen-bond donors (Lipinski definition) is 1. The van der Waals surface area contributed by atoms with Crippen LogP contribution in [0.25, 0.3) is 0 Å². The fourth-order valence-electron chi connectivity index (χ4n) is 3.65. The molecule has 27 heavy (non-hydrogen) atoms. The molecule has 0 aromatic carbocycles. The molecule has 0 bridgehead atoms. The van der Waals surface area contributed by atoms with Crippen molar-refractivity contribution < 1.29 is 9.90 Å². The zero-order valence-electron chi connectivity index (χ0n) is 17.1. The summed E-state index contributed by atoms with van der Waals surface area (Å²) in [4.78, 5) is 22.6. The van der Waals surface area contributed by atoms with E-state index < -0.39 is 0 Å². The number of aromatic nitrogens is 3. The van der Waals surface area contributed by atoms with Gasteiger partial charge in [-0.2, -0.15) is 5.10 Å². The zero-order chi connectivity index (χ0) is 19.6. The first-order chi connectivity index (χ1) is 13.0. The van der Waals surface area contributed by atoms with Crippen molar-refractivity contribution in [2.24, 2.45) is 5.92 Å². The van der Waals surface area contributed by atoms with Gasteiger partial charge in [0.25, 0.3) is 0 Å². The van der Waals surface area contributed by atoms with Crippen molar-refractivity contribution in [3.05, 3.63) is 12.7 Å². The fourth-order valence-corrected chi connectivity index (χ4v) is 3.65. The lowest BCUT2D eigenvalue weighted by molar-refractivity contribution is -0.133.